The van der Waals surface area contributed by atoms with E-state index in [1.54, 1.807) is 11.8 Å². The molecule has 1 N–H and O–H groups in total. The highest BCUT2D eigenvalue weighted by molar-refractivity contribution is 8.00. The number of thioether (sulfide) groups is 1. The van der Waals surface area contributed by atoms with Gasteiger partial charge in [-0.3, -0.25) is 4.79 Å². The predicted molar refractivity (Wildman–Crippen MR) is 50.3 cm³/mol. The van der Waals surface area contributed by atoms with Crippen LogP contribution in [0.3, 0.4) is 0 Å². The average Bonchev–Trinajstić information content (AvgIpc) is 2.00. The molecule has 0 radical (unpaired) electrons. The van der Waals surface area contributed by atoms with Crippen LogP contribution in [0.1, 0.15) is 0 Å². The molecule has 0 spiro atoms. The van der Waals surface area contributed by atoms with Crippen molar-refractivity contribution in [2.24, 2.45) is 5.92 Å². The van der Waals surface area contributed by atoms with Gasteiger partial charge in [0, 0.05) is 37.8 Å². The van der Waals surface area contributed by atoms with Gasteiger partial charge in [-0.2, -0.15) is 11.8 Å². The number of hydrogen-bond acceptors (Lipinski definition) is 3. The highest BCUT2D eigenvalue weighted by Crippen LogP contribution is 2.13. The number of amides is 1. The molecule has 0 aliphatic carbocycles. The van der Waals surface area contributed by atoms with E-state index in [0.29, 0.717) is 11.7 Å². The van der Waals surface area contributed by atoms with Crippen molar-refractivity contribution in [1.29, 1.82) is 0 Å². The lowest BCUT2D eigenvalue weighted by atomic mass is 10.0. The van der Waals surface area contributed by atoms with Gasteiger partial charge >= 0.3 is 0 Å². The predicted octanol–water partition coefficient (Wildman–Crippen LogP) is -0.219. The number of hydrogen-bond donors (Lipinski definition) is 1. The molecule has 0 bridgehead atoms. The van der Waals surface area contributed by atoms with Crippen LogP contribution in [0.2, 0.25) is 0 Å². The maximum atomic E-state index is 11.4. The van der Waals surface area contributed by atoms with Crippen LogP contribution in [0.4, 0.5) is 0 Å². The van der Waals surface area contributed by atoms with Crippen LogP contribution >= 0.6 is 11.8 Å². The normalized spacial score (nSPS) is 25.7. The summed E-state index contributed by atoms with van der Waals surface area (Å²) in [6, 6.07) is 0. The van der Waals surface area contributed by atoms with Crippen LogP contribution < -0.4 is 5.32 Å². The summed E-state index contributed by atoms with van der Waals surface area (Å²) in [4.78, 5) is 13.4. The third-order valence-electron chi connectivity index (χ3n) is 2.43. The summed E-state index contributed by atoms with van der Waals surface area (Å²) in [6.07, 6.45) is 0. The molecule has 68 valence electrons. The second-order valence-corrected chi connectivity index (χ2v) is 4.52. The minimum atomic E-state index is 0.332. The Balaban J connectivity index is 1.80. The molecule has 0 saturated carbocycles. The van der Waals surface area contributed by atoms with E-state index in [0.717, 1.165) is 37.8 Å². The molecule has 0 aromatic rings. The van der Waals surface area contributed by atoms with E-state index in [4.69, 9.17) is 0 Å². The maximum absolute atomic E-state index is 11.4. The Morgan fingerprint density at radius 1 is 1.58 bits per heavy atom. The van der Waals surface area contributed by atoms with E-state index in [1.807, 2.05) is 4.90 Å². The van der Waals surface area contributed by atoms with Crippen LogP contribution in [0, 0.1) is 5.92 Å². The van der Waals surface area contributed by atoms with E-state index >= 15 is 0 Å². The molecule has 0 aromatic carbocycles. The van der Waals surface area contributed by atoms with Gasteiger partial charge < -0.3 is 10.2 Å². The van der Waals surface area contributed by atoms with Crippen molar-refractivity contribution in [2.45, 2.75) is 0 Å². The number of nitrogens with one attached hydrogen (secondary N) is 1. The van der Waals surface area contributed by atoms with Crippen LogP contribution in [0.5, 0.6) is 0 Å². The van der Waals surface area contributed by atoms with Gasteiger partial charge in [0.05, 0.1) is 5.75 Å². The molecule has 0 atom stereocenters. The quantitative estimate of drug-likeness (QED) is 0.647. The van der Waals surface area contributed by atoms with Crippen molar-refractivity contribution in [3.8, 4) is 0 Å². The topological polar surface area (TPSA) is 32.3 Å². The Labute approximate surface area is 76.9 Å². The third kappa shape index (κ3) is 1.75. The fourth-order valence-corrected chi connectivity index (χ4v) is 2.38. The van der Waals surface area contributed by atoms with Crippen molar-refractivity contribution in [2.75, 3.05) is 37.7 Å². The Bertz CT molecular complexity index is 182. The van der Waals surface area contributed by atoms with E-state index in [2.05, 4.69) is 5.32 Å². The lowest BCUT2D eigenvalue weighted by Crippen LogP contribution is -2.51. The van der Waals surface area contributed by atoms with Crippen LogP contribution in [0.15, 0.2) is 0 Å². The zero-order chi connectivity index (χ0) is 8.39. The van der Waals surface area contributed by atoms with Gasteiger partial charge in [0.1, 0.15) is 0 Å². The highest BCUT2D eigenvalue weighted by Gasteiger charge is 2.24. The SMILES string of the molecule is O=C1CSCCN1CC1CNC1. The minimum Gasteiger partial charge on any atom is -0.341 e. The molecule has 3 nitrogen and oxygen atoms in total. The summed E-state index contributed by atoms with van der Waals surface area (Å²) in [5, 5.41) is 3.22. The monoisotopic (exact) mass is 186 g/mol. The van der Waals surface area contributed by atoms with Gasteiger partial charge in [0.25, 0.3) is 0 Å². The van der Waals surface area contributed by atoms with Gasteiger partial charge in [-0.05, 0) is 0 Å². The summed E-state index contributed by atoms with van der Waals surface area (Å²) in [6.45, 7) is 4.13. The molecule has 4 heteroatoms. The zero-order valence-electron chi connectivity index (χ0n) is 7.08. The fourth-order valence-electron chi connectivity index (χ4n) is 1.53. The highest BCUT2D eigenvalue weighted by atomic mass is 32.2. The van der Waals surface area contributed by atoms with Gasteiger partial charge in [0.2, 0.25) is 5.91 Å². The van der Waals surface area contributed by atoms with Crippen molar-refractivity contribution in [3.63, 3.8) is 0 Å². The van der Waals surface area contributed by atoms with E-state index in [9.17, 15) is 4.79 Å². The van der Waals surface area contributed by atoms with Crippen LogP contribution in [0.25, 0.3) is 0 Å². The summed E-state index contributed by atoms with van der Waals surface area (Å²) in [5.74, 6) is 2.86. The molecule has 0 unspecified atom stereocenters. The number of rotatable bonds is 2. The van der Waals surface area contributed by atoms with Gasteiger partial charge in [0.15, 0.2) is 0 Å². The van der Waals surface area contributed by atoms with Crippen molar-refractivity contribution in [3.05, 3.63) is 0 Å². The first-order valence-electron chi connectivity index (χ1n) is 4.42. The third-order valence-corrected chi connectivity index (χ3v) is 3.35. The van der Waals surface area contributed by atoms with E-state index < -0.39 is 0 Å². The van der Waals surface area contributed by atoms with Gasteiger partial charge in [-0.15, -0.1) is 0 Å². The summed E-state index contributed by atoms with van der Waals surface area (Å²) >= 11 is 1.75. The van der Waals surface area contributed by atoms with E-state index in [-0.39, 0.29) is 0 Å². The molecule has 2 rings (SSSR count). The first kappa shape index (κ1) is 8.38. The molecule has 2 aliphatic rings. The molecule has 1 amide bonds. The average molecular weight is 186 g/mol. The zero-order valence-corrected chi connectivity index (χ0v) is 7.90. The maximum Gasteiger partial charge on any atom is 0.232 e. The molecule has 2 aliphatic heterocycles. The first-order valence-corrected chi connectivity index (χ1v) is 5.58. The molecule has 0 aromatic heterocycles. The molecule has 2 fully saturated rings. The Morgan fingerprint density at radius 2 is 2.42 bits per heavy atom. The summed E-state index contributed by atoms with van der Waals surface area (Å²) in [5.41, 5.74) is 0. The Kier molecular flexibility index (Phi) is 2.56. The lowest BCUT2D eigenvalue weighted by Gasteiger charge is -2.34. The van der Waals surface area contributed by atoms with Crippen LogP contribution in [-0.2, 0) is 4.79 Å². The largest absolute Gasteiger partial charge is 0.341 e. The second-order valence-electron chi connectivity index (χ2n) is 3.42. The summed E-state index contributed by atoms with van der Waals surface area (Å²) in [7, 11) is 0. The van der Waals surface area contributed by atoms with Crippen molar-refractivity contribution in [1.82, 2.24) is 10.2 Å². The van der Waals surface area contributed by atoms with Crippen LogP contribution in [-0.4, -0.2) is 48.5 Å². The number of carbonyl (C=O) groups excluding carboxylic acids is 1. The smallest absolute Gasteiger partial charge is 0.232 e. The molecule has 12 heavy (non-hydrogen) atoms. The molecular weight excluding hydrogens is 172 g/mol. The lowest BCUT2D eigenvalue weighted by molar-refractivity contribution is -0.129. The van der Waals surface area contributed by atoms with Crippen molar-refractivity contribution >= 4 is 17.7 Å². The summed E-state index contributed by atoms with van der Waals surface area (Å²) < 4.78 is 0. The Hall–Kier alpha value is -0.220. The molecule has 2 saturated heterocycles. The minimum absolute atomic E-state index is 0.332. The van der Waals surface area contributed by atoms with Gasteiger partial charge in [-0.25, -0.2) is 0 Å². The molecular formula is C8H14N2OS. The second kappa shape index (κ2) is 3.66. The first-order chi connectivity index (χ1) is 5.86. The number of nitrogens with zero attached hydrogens (tertiary/aromatic N) is 1. The fraction of sp³-hybridized carbons (Fsp3) is 0.875. The van der Waals surface area contributed by atoms with Gasteiger partial charge in [-0.1, -0.05) is 0 Å². The molecule has 2 heterocycles. The standard InChI is InChI=1S/C8H14N2OS/c11-8-6-12-2-1-10(8)5-7-3-9-4-7/h7,9H,1-6H2. The number of carbonyl (C=O) groups is 1. The van der Waals surface area contributed by atoms with E-state index in [1.165, 1.54) is 0 Å². The van der Waals surface area contributed by atoms with Crippen molar-refractivity contribution < 1.29 is 4.79 Å². The Morgan fingerprint density at radius 3 is 3.00 bits per heavy atom.